The van der Waals surface area contributed by atoms with Gasteiger partial charge in [0, 0.05) is 24.2 Å². The minimum absolute atomic E-state index is 0.0644. The summed E-state index contributed by atoms with van der Waals surface area (Å²) < 4.78 is 13.5. The van der Waals surface area contributed by atoms with Gasteiger partial charge in [0.05, 0.1) is 19.8 Å². The zero-order valence-electron chi connectivity index (χ0n) is 33.0. The molecule has 0 radical (unpaired) electrons. The van der Waals surface area contributed by atoms with E-state index in [1.807, 2.05) is 0 Å². The van der Waals surface area contributed by atoms with Crippen LogP contribution in [0.15, 0.2) is 23.8 Å². The molecule has 50 heavy (non-hydrogen) atoms. The lowest BCUT2D eigenvalue weighted by Crippen LogP contribution is -2.42. The van der Waals surface area contributed by atoms with Crippen LogP contribution in [0, 0.1) is 42.6 Å². The van der Waals surface area contributed by atoms with Crippen LogP contribution in [0.4, 0.5) is 10.5 Å². The van der Waals surface area contributed by atoms with E-state index in [1.165, 1.54) is 22.3 Å². The van der Waals surface area contributed by atoms with Crippen molar-refractivity contribution < 1.29 is 14.3 Å². The van der Waals surface area contributed by atoms with Crippen molar-refractivity contribution in [2.45, 2.75) is 120 Å². The third kappa shape index (κ3) is 7.68. The molecule has 2 aliphatic rings. The first-order valence-corrected chi connectivity index (χ1v) is 18.6. The van der Waals surface area contributed by atoms with E-state index in [-0.39, 0.29) is 22.1 Å². The second kappa shape index (κ2) is 13.9. The molecule has 0 bridgehead atoms. The molecule has 1 N–H and O–H groups in total. The van der Waals surface area contributed by atoms with Gasteiger partial charge in [0.25, 0.3) is 5.69 Å². The monoisotopic (exact) mass is 683 g/mol. The van der Waals surface area contributed by atoms with Gasteiger partial charge >= 0.3 is 6.09 Å². The number of H-pyrrole nitrogens is 1. The SMILES string of the molecule is [C-]#[N+]c1c(CC2C(C=C(C)C)CC(C)CC2C(C)(C)C)c2nc(-c3cc(C(C)(C)C)c(C)cc3C(C)(C)C)[nH]n2c1OC(=O)N1CCOCC1. The molecular weight excluding hydrogens is 622 g/mol. The van der Waals surface area contributed by atoms with E-state index in [0.717, 1.165) is 24.0 Å². The Morgan fingerprint density at radius 1 is 1.04 bits per heavy atom. The lowest BCUT2D eigenvalue weighted by molar-refractivity contribution is 0.0411. The van der Waals surface area contributed by atoms with E-state index in [2.05, 4.69) is 118 Å². The number of nitrogens with one attached hydrogen (secondary N) is 1. The molecule has 1 amide bonds. The number of carbonyl (C=O) groups is 1. The summed E-state index contributed by atoms with van der Waals surface area (Å²) in [7, 11) is 0. The summed E-state index contributed by atoms with van der Waals surface area (Å²) in [5.74, 6) is 2.66. The molecule has 1 saturated carbocycles. The highest BCUT2D eigenvalue weighted by Gasteiger charge is 2.42. The summed E-state index contributed by atoms with van der Waals surface area (Å²) in [6.45, 7) is 39.7. The average Bonchev–Trinajstić information content (AvgIpc) is 3.54. The molecule has 272 valence electrons. The number of benzene rings is 1. The van der Waals surface area contributed by atoms with Crippen LogP contribution < -0.4 is 4.74 Å². The highest BCUT2D eigenvalue weighted by molar-refractivity contribution is 5.80. The van der Waals surface area contributed by atoms with Crippen molar-refractivity contribution in [3.05, 3.63) is 57.5 Å². The van der Waals surface area contributed by atoms with Crippen LogP contribution in [0.2, 0.25) is 0 Å². The maximum atomic E-state index is 13.6. The van der Waals surface area contributed by atoms with Crippen LogP contribution in [0.5, 0.6) is 5.88 Å². The maximum absolute atomic E-state index is 13.6. The Morgan fingerprint density at radius 3 is 2.24 bits per heavy atom. The molecule has 3 heterocycles. The van der Waals surface area contributed by atoms with Crippen molar-refractivity contribution >= 4 is 17.4 Å². The number of fused-ring (bicyclic) bond motifs is 1. The molecule has 8 nitrogen and oxygen atoms in total. The Labute approximate surface area is 300 Å². The van der Waals surface area contributed by atoms with E-state index in [4.69, 9.17) is 21.0 Å². The Kier molecular flexibility index (Phi) is 10.4. The predicted octanol–water partition coefficient (Wildman–Crippen LogP) is 10.4. The lowest BCUT2D eigenvalue weighted by atomic mass is 9.58. The quantitative estimate of drug-likeness (QED) is 0.215. The fraction of sp³-hybridized carbons (Fsp3) is 0.643. The van der Waals surface area contributed by atoms with Gasteiger partial charge in [-0.3, -0.25) is 5.10 Å². The number of aromatic amines is 1. The first-order valence-electron chi connectivity index (χ1n) is 18.6. The number of amides is 1. The van der Waals surface area contributed by atoms with Gasteiger partial charge in [0.2, 0.25) is 5.88 Å². The van der Waals surface area contributed by atoms with Crippen LogP contribution in [0.3, 0.4) is 0 Å². The summed E-state index contributed by atoms with van der Waals surface area (Å²) in [6, 6.07) is 4.59. The third-order valence-corrected chi connectivity index (χ3v) is 10.9. The molecular formula is C42H61N5O3. The minimum atomic E-state index is -0.470. The van der Waals surface area contributed by atoms with Gasteiger partial charge in [0.15, 0.2) is 5.82 Å². The van der Waals surface area contributed by atoms with Crippen LogP contribution in [-0.4, -0.2) is 51.9 Å². The fourth-order valence-electron chi connectivity index (χ4n) is 8.56. The molecule has 2 aromatic heterocycles. The van der Waals surface area contributed by atoms with Crippen molar-refractivity contribution in [3.8, 4) is 17.3 Å². The first kappa shape index (κ1) is 37.7. The summed E-state index contributed by atoms with van der Waals surface area (Å²) in [6.07, 6.45) is 4.92. The number of aromatic nitrogens is 3. The summed E-state index contributed by atoms with van der Waals surface area (Å²) in [5, 5.41) is 3.55. The molecule has 4 atom stereocenters. The van der Waals surface area contributed by atoms with E-state index in [9.17, 15) is 4.79 Å². The maximum Gasteiger partial charge on any atom is 0.415 e. The fourth-order valence-corrected chi connectivity index (χ4v) is 8.56. The van der Waals surface area contributed by atoms with Gasteiger partial charge < -0.3 is 14.4 Å². The number of hydrogen-bond donors (Lipinski definition) is 1. The van der Waals surface area contributed by atoms with E-state index in [0.29, 0.717) is 73.6 Å². The number of ether oxygens (including phenoxy) is 2. The van der Waals surface area contributed by atoms with Crippen LogP contribution in [0.1, 0.15) is 118 Å². The van der Waals surface area contributed by atoms with Gasteiger partial charge in [-0.15, -0.1) is 0 Å². The first-order chi connectivity index (χ1) is 23.2. The highest BCUT2D eigenvalue weighted by atomic mass is 16.6. The number of rotatable bonds is 5. The molecule has 8 heteroatoms. The number of allylic oxidation sites excluding steroid dienone is 2. The van der Waals surface area contributed by atoms with Crippen molar-refractivity contribution in [2.75, 3.05) is 26.3 Å². The topological polar surface area (TPSA) is 76.2 Å². The van der Waals surface area contributed by atoms with Gasteiger partial charge in [-0.1, -0.05) is 87.0 Å². The molecule has 1 aliphatic heterocycles. The van der Waals surface area contributed by atoms with Crippen LogP contribution in [-0.2, 0) is 22.0 Å². The number of morpholine rings is 1. The molecule has 0 spiro atoms. The minimum Gasteiger partial charge on any atom is -0.402 e. The van der Waals surface area contributed by atoms with E-state index in [1.54, 1.807) is 9.42 Å². The van der Waals surface area contributed by atoms with Crippen molar-refractivity contribution in [1.82, 2.24) is 19.5 Å². The standard InChI is InChI=1S/C42H61N5O3/c1-25(2)19-28-20-26(3)21-33(41(8,9)10)29(28)23-31-35(43-14)38(50-39(48)46-15-17-49-18-16-46)47-37(31)44-36(45-47)30-24-32(40(5,6)7)27(4)22-34(30)42(11,12)13/h19,22,24,26,28-29,33H,15-18,20-21,23H2,1-13H3,(H,44,45). The third-order valence-electron chi connectivity index (χ3n) is 10.9. The number of carbonyl (C=O) groups excluding carboxylic acids is 1. The molecule has 3 aromatic rings. The van der Waals surface area contributed by atoms with Crippen LogP contribution in [0.25, 0.3) is 21.9 Å². The number of nitrogens with zero attached hydrogens (tertiary/aromatic N) is 4. The zero-order chi connectivity index (χ0) is 36.9. The normalized spacial score (nSPS) is 22.0. The Balaban J connectivity index is 1.75. The molecule has 1 aromatic carbocycles. The zero-order valence-corrected chi connectivity index (χ0v) is 33.0. The largest absolute Gasteiger partial charge is 0.415 e. The van der Waals surface area contributed by atoms with E-state index < -0.39 is 6.09 Å². The van der Waals surface area contributed by atoms with E-state index >= 15 is 0 Å². The second-order valence-electron chi connectivity index (χ2n) is 18.5. The van der Waals surface area contributed by atoms with Crippen molar-refractivity contribution in [2.24, 2.45) is 29.1 Å². The molecule has 1 aliphatic carbocycles. The smallest absolute Gasteiger partial charge is 0.402 e. The summed E-state index contributed by atoms with van der Waals surface area (Å²) in [5.41, 5.74) is 7.81. The molecule has 5 rings (SSSR count). The lowest BCUT2D eigenvalue weighted by Gasteiger charge is -2.46. The molecule has 1 saturated heterocycles. The van der Waals surface area contributed by atoms with Crippen molar-refractivity contribution in [1.29, 1.82) is 0 Å². The summed E-state index contributed by atoms with van der Waals surface area (Å²) in [4.78, 5) is 24.7. The molecule has 4 unspecified atom stereocenters. The van der Waals surface area contributed by atoms with Gasteiger partial charge in [-0.2, -0.15) is 0 Å². The Bertz CT molecular complexity index is 1790. The van der Waals surface area contributed by atoms with Crippen molar-refractivity contribution in [3.63, 3.8) is 0 Å². The second-order valence-corrected chi connectivity index (χ2v) is 18.5. The average molecular weight is 684 g/mol. The Morgan fingerprint density at radius 2 is 1.68 bits per heavy atom. The van der Waals surface area contributed by atoms with Gasteiger partial charge in [0.1, 0.15) is 5.65 Å². The number of aryl methyl sites for hydroxylation is 1. The predicted molar refractivity (Wildman–Crippen MR) is 203 cm³/mol. The molecule has 2 fully saturated rings. The number of hydrogen-bond acceptors (Lipinski definition) is 4. The summed E-state index contributed by atoms with van der Waals surface area (Å²) >= 11 is 0. The highest BCUT2D eigenvalue weighted by Crippen LogP contribution is 2.51. The van der Waals surface area contributed by atoms with Crippen LogP contribution >= 0.6 is 0 Å². The van der Waals surface area contributed by atoms with Gasteiger partial charge in [-0.05, 0) is 103 Å². The van der Waals surface area contributed by atoms with Gasteiger partial charge in [-0.25, -0.2) is 19.1 Å². The Hall–Kier alpha value is -3.57.